The predicted molar refractivity (Wildman–Crippen MR) is 128 cm³/mol. The Bertz CT molecular complexity index is 1190. The van der Waals surface area contributed by atoms with Gasteiger partial charge in [-0.25, -0.2) is 4.39 Å². The molecular formula is C25H27FN4O3S. The molecule has 0 unspecified atom stereocenters. The molecule has 7 nitrogen and oxygen atoms in total. The summed E-state index contributed by atoms with van der Waals surface area (Å²) in [6.45, 7) is 3.30. The molecule has 1 saturated heterocycles. The van der Waals surface area contributed by atoms with E-state index in [1.54, 1.807) is 29.2 Å². The number of aromatic hydroxyl groups is 1. The molecule has 1 aromatic heterocycles. The van der Waals surface area contributed by atoms with E-state index in [0.717, 1.165) is 43.5 Å². The normalized spacial score (nSPS) is 19.9. The second kappa shape index (κ2) is 9.76. The standard InChI is InChI=1S/C25H27FN4O3S/c1-16-8-9-17-13-18(26)10-11-21(17)30(16)23(32)15-34-25-28-27-24(20-6-2-3-7-22(20)31)29(25)14-19-5-4-12-33-19/h2-3,6-7,10-11,13,16,19,31H,4-5,8-9,12,14-15H2,1H3/t16-,19-/m1/s1. The lowest BCUT2D eigenvalue weighted by atomic mass is 9.96. The van der Waals surface area contributed by atoms with Crippen LogP contribution in [0.25, 0.3) is 11.4 Å². The number of carbonyl (C=O) groups is 1. The minimum Gasteiger partial charge on any atom is -0.507 e. The zero-order valence-corrected chi connectivity index (χ0v) is 19.8. The van der Waals surface area contributed by atoms with Gasteiger partial charge in [0, 0.05) is 18.3 Å². The largest absolute Gasteiger partial charge is 0.507 e. The summed E-state index contributed by atoms with van der Waals surface area (Å²) in [4.78, 5) is 15.1. The first-order chi connectivity index (χ1) is 16.5. The number of anilines is 1. The number of aromatic nitrogens is 3. The van der Waals surface area contributed by atoms with E-state index >= 15 is 0 Å². The molecule has 3 aromatic rings. The predicted octanol–water partition coefficient (Wildman–Crippen LogP) is 4.43. The molecule has 3 heterocycles. The molecule has 9 heteroatoms. The highest BCUT2D eigenvalue weighted by Crippen LogP contribution is 2.34. The van der Waals surface area contributed by atoms with E-state index in [-0.39, 0.29) is 35.4 Å². The average Bonchev–Trinajstić information content (AvgIpc) is 3.48. The quantitative estimate of drug-likeness (QED) is 0.524. The van der Waals surface area contributed by atoms with Gasteiger partial charge in [-0.05, 0) is 68.5 Å². The molecule has 1 amide bonds. The van der Waals surface area contributed by atoms with Crippen molar-refractivity contribution in [1.29, 1.82) is 0 Å². The smallest absolute Gasteiger partial charge is 0.237 e. The fourth-order valence-corrected chi connectivity index (χ4v) is 5.52. The second-order valence-electron chi connectivity index (χ2n) is 8.78. The number of nitrogens with zero attached hydrogens (tertiary/aromatic N) is 4. The van der Waals surface area contributed by atoms with E-state index in [1.165, 1.54) is 23.9 Å². The Labute approximate surface area is 201 Å². The molecule has 2 atom stereocenters. The summed E-state index contributed by atoms with van der Waals surface area (Å²) in [5, 5.41) is 19.7. The van der Waals surface area contributed by atoms with Crippen molar-refractivity contribution in [1.82, 2.24) is 14.8 Å². The summed E-state index contributed by atoms with van der Waals surface area (Å²) in [7, 11) is 0. The molecule has 0 bridgehead atoms. The molecule has 2 aliphatic rings. The minimum atomic E-state index is -0.283. The molecule has 34 heavy (non-hydrogen) atoms. The van der Waals surface area contributed by atoms with Crippen molar-refractivity contribution in [3.63, 3.8) is 0 Å². The number of para-hydroxylation sites is 1. The minimum absolute atomic E-state index is 0.0349. The van der Waals surface area contributed by atoms with Gasteiger partial charge in [0.15, 0.2) is 11.0 Å². The first kappa shape index (κ1) is 22.9. The number of phenols is 1. The lowest BCUT2D eigenvalue weighted by Gasteiger charge is -2.35. The van der Waals surface area contributed by atoms with Crippen molar-refractivity contribution in [2.75, 3.05) is 17.3 Å². The Kier molecular flexibility index (Phi) is 6.56. The van der Waals surface area contributed by atoms with Crippen LogP contribution in [0.1, 0.15) is 31.7 Å². The van der Waals surface area contributed by atoms with Crippen molar-refractivity contribution in [2.24, 2.45) is 0 Å². The molecule has 1 fully saturated rings. The number of ether oxygens (including phenoxy) is 1. The molecule has 1 N–H and O–H groups in total. The van der Waals surface area contributed by atoms with E-state index in [4.69, 9.17) is 4.74 Å². The molecule has 0 spiro atoms. The Morgan fingerprint density at radius 3 is 2.88 bits per heavy atom. The molecule has 2 aliphatic heterocycles. The van der Waals surface area contributed by atoms with Crippen LogP contribution in [-0.4, -0.2) is 50.3 Å². The van der Waals surface area contributed by atoms with Crippen molar-refractivity contribution in [2.45, 2.75) is 56.5 Å². The van der Waals surface area contributed by atoms with Crippen LogP contribution in [0.4, 0.5) is 10.1 Å². The maximum absolute atomic E-state index is 13.7. The van der Waals surface area contributed by atoms with Crippen LogP contribution < -0.4 is 4.90 Å². The number of aryl methyl sites for hydroxylation is 1. The summed E-state index contributed by atoms with van der Waals surface area (Å²) >= 11 is 1.32. The van der Waals surface area contributed by atoms with E-state index < -0.39 is 0 Å². The van der Waals surface area contributed by atoms with Gasteiger partial charge in [0.2, 0.25) is 5.91 Å². The number of carbonyl (C=O) groups excluding carboxylic acids is 1. The van der Waals surface area contributed by atoms with Crippen LogP contribution in [-0.2, 0) is 22.5 Å². The van der Waals surface area contributed by atoms with Gasteiger partial charge >= 0.3 is 0 Å². The number of fused-ring (bicyclic) bond motifs is 1. The van der Waals surface area contributed by atoms with Gasteiger partial charge in [0.1, 0.15) is 11.6 Å². The molecule has 2 aromatic carbocycles. The van der Waals surface area contributed by atoms with Gasteiger partial charge < -0.3 is 14.7 Å². The number of halogens is 1. The van der Waals surface area contributed by atoms with Crippen LogP contribution in [0.2, 0.25) is 0 Å². The van der Waals surface area contributed by atoms with Crippen molar-refractivity contribution in [3.05, 3.63) is 53.8 Å². The second-order valence-corrected chi connectivity index (χ2v) is 9.72. The molecule has 178 valence electrons. The molecule has 0 saturated carbocycles. The lowest BCUT2D eigenvalue weighted by molar-refractivity contribution is -0.116. The van der Waals surface area contributed by atoms with Gasteiger partial charge in [0.05, 0.1) is 24.0 Å². The summed E-state index contributed by atoms with van der Waals surface area (Å²) in [5.74, 6) is 0.513. The molecule has 0 aliphatic carbocycles. The van der Waals surface area contributed by atoms with Gasteiger partial charge in [-0.15, -0.1) is 10.2 Å². The Balaban J connectivity index is 1.39. The zero-order valence-electron chi connectivity index (χ0n) is 19.0. The summed E-state index contributed by atoms with van der Waals surface area (Å²) < 4.78 is 21.5. The fourth-order valence-electron chi connectivity index (χ4n) is 4.71. The van der Waals surface area contributed by atoms with Crippen LogP contribution in [0.3, 0.4) is 0 Å². The number of phenolic OH excluding ortho intramolecular Hbond substituents is 1. The van der Waals surface area contributed by atoms with E-state index in [9.17, 15) is 14.3 Å². The lowest BCUT2D eigenvalue weighted by Crippen LogP contribution is -2.43. The molecular weight excluding hydrogens is 455 g/mol. The van der Waals surface area contributed by atoms with Gasteiger partial charge in [0.25, 0.3) is 0 Å². The number of benzene rings is 2. The van der Waals surface area contributed by atoms with Gasteiger partial charge in [-0.3, -0.25) is 9.36 Å². The highest BCUT2D eigenvalue weighted by Gasteiger charge is 2.29. The van der Waals surface area contributed by atoms with Crippen LogP contribution in [0.5, 0.6) is 5.75 Å². The van der Waals surface area contributed by atoms with E-state index in [0.29, 0.717) is 23.1 Å². The third kappa shape index (κ3) is 4.54. The average molecular weight is 483 g/mol. The van der Waals surface area contributed by atoms with Crippen LogP contribution >= 0.6 is 11.8 Å². The number of amides is 1. The SMILES string of the molecule is C[C@@H]1CCc2cc(F)ccc2N1C(=O)CSc1nnc(-c2ccccc2O)n1C[C@H]1CCCO1. The monoisotopic (exact) mass is 482 g/mol. The Hall–Kier alpha value is -2.91. The van der Waals surface area contributed by atoms with E-state index in [1.807, 2.05) is 17.6 Å². The number of hydrogen-bond acceptors (Lipinski definition) is 6. The first-order valence-electron chi connectivity index (χ1n) is 11.6. The zero-order chi connectivity index (χ0) is 23.7. The van der Waals surface area contributed by atoms with Gasteiger partial charge in [-0.1, -0.05) is 23.9 Å². The fraction of sp³-hybridized carbons (Fsp3) is 0.400. The highest BCUT2D eigenvalue weighted by molar-refractivity contribution is 7.99. The van der Waals surface area contributed by atoms with Crippen molar-refractivity contribution < 1.29 is 19.0 Å². The first-order valence-corrected chi connectivity index (χ1v) is 12.6. The van der Waals surface area contributed by atoms with Crippen LogP contribution in [0.15, 0.2) is 47.6 Å². The summed E-state index contributed by atoms with van der Waals surface area (Å²) in [6.07, 6.45) is 3.54. The van der Waals surface area contributed by atoms with Gasteiger partial charge in [-0.2, -0.15) is 0 Å². The highest BCUT2D eigenvalue weighted by atomic mass is 32.2. The Morgan fingerprint density at radius 1 is 1.24 bits per heavy atom. The molecule has 5 rings (SSSR count). The maximum atomic E-state index is 13.7. The number of rotatable bonds is 6. The summed E-state index contributed by atoms with van der Waals surface area (Å²) in [5.41, 5.74) is 2.23. The van der Waals surface area contributed by atoms with Crippen molar-refractivity contribution in [3.8, 4) is 17.1 Å². The third-order valence-corrected chi connectivity index (χ3v) is 7.39. The summed E-state index contributed by atoms with van der Waals surface area (Å²) in [6, 6.07) is 11.7. The van der Waals surface area contributed by atoms with E-state index in [2.05, 4.69) is 10.2 Å². The third-order valence-electron chi connectivity index (χ3n) is 6.44. The topological polar surface area (TPSA) is 80.5 Å². The molecule has 0 radical (unpaired) electrons. The maximum Gasteiger partial charge on any atom is 0.237 e. The van der Waals surface area contributed by atoms with Crippen LogP contribution in [0, 0.1) is 5.82 Å². The number of thioether (sulfide) groups is 1. The Morgan fingerprint density at radius 2 is 2.09 bits per heavy atom. The number of hydrogen-bond donors (Lipinski definition) is 1. The van der Waals surface area contributed by atoms with Crippen molar-refractivity contribution >= 4 is 23.4 Å².